The third kappa shape index (κ3) is 2.62. The number of nitrogens with one attached hydrogen (secondary N) is 1. The van der Waals surface area contributed by atoms with Crippen molar-refractivity contribution in [1.82, 2.24) is 9.97 Å². The Balaban J connectivity index is 1.82. The molecule has 3 rings (SSSR count). The van der Waals surface area contributed by atoms with Crippen LogP contribution in [0.5, 0.6) is 0 Å². The van der Waals surface area contributed by atoms with E-state index >= 15 is 0 Å². The first kappa shape index (κ1) is 15.1. The quantitative estimate of drug-likeness (QED) is 0.916. The predicted molar refractivity (Wildman–Crippen MR) is 75.2 cm³/mol. The maximum atomic E-state index is 12.6. The van der Waals surface area contributed by atoms with E-state index in [1.165, 1.54) is 12.1 Å². The largest absolute Gasteiger partial charge is 0.416 e. The molecule has 1 atom stereocenters. The number of imidazole rings is 1. The molecular formula is C15H16F3N3O. The fourth-order valence-corrected chi connectivity index (χ4v) is 2.40. The van der Waals surface area contributed by atoms with Crippen LogP contribution in [0.1, 0.15) is 24.2 Å². The molecule has 0 radical (unpaired) electrons. The van der Waals surface area contributed by atoms with Gasteiger partial charge < -0.3 is 15.5 Å². The molecule has 2 aromatic rings. The number of nitrogens with two attached hydrogens (primary N) is 1. The number of benzene rings is 1. The molecule has 0 saturated carbocycles. The lowest BCUT2D eigenvalue weighted by Gasteiger charge is -2.41. The monoisotopic (exact) mass is 311 g/mol. The number of nitrogens with zero attached hydrogens (tertiary/aromatic N) is 1. The van der Waals surface area contributed by atoms with E-state index in [-0.39, 0.29) is 5.92 Å². The van der Waals surface area contributed by atoms with Gasteiger partial charge in [-0.15, -0.1) is 0 Å². The van der Waals surface area contributed by atoms with Crippen LogP contribution in [0.4, 0.5) is 13.2 Å². The van der Waals surface area contributed by atoms with Gasteiger partial charge in [0.05, 0.1) is 30.0 Å². The molecular weight excluding hydrogens is 295 g/mol. The highest BCUT2D eigenvalue weighted by molar-refractivity contribution is 5.59. The van der Waals surface area contributed by atoms with Gasteiger partial charge in [-0.2, -0.15) is 13.2 Å². The summed E-state index contributed by atoms with van der Waals surface area (Å²) in [5.41, 5.74) is 6.30. The minimum Gasteiger partial charge on any atom is -0.377 e. The van der Waals surface area contributed by atoms with E-state index in [0.717, 1.165) is 12.1 Å². The molecule has 1 aromatic heterocycles. The summed E-state index contributed by atoms with van der Waals surface area (Å²) in [4.78, 5) is 7.50. The highest BCUT2D eigenvalue weighted by Crippen LogP contribution is 2.33. The predicted octanol–water partition coefficient (Wildman–Crippen LogP) is 2.93. The zero-order chi connectivity index (χ0) is 16.0. The van der Waals surface area contributed by atoms with Crippen LogP contribution in [0.3, 0.4) is 0 Å². The Morgan fingerprint density at radius 3 is 2.41 bits per heavy atom. The lowest BCUT2D eigenvalue weighted by Crippen LogP contribution is -2.60. The summed E-state index contributed by atoms with van der Waals surface area (Å²) >= 11 is 0. The van der Waals surface area contributed by atoms with E-state index in [9.17, 15) is 13.2 Å². The van der Waals surface area contributed by atoms with Gasteiger partial charge in [0, 0.05) is 17.7 Å². The molecule has 2 heterocycles. The zero-order valence-corrected chi connectivity index (χ0v) is 11.9. The van der Waals surface area contributed by atoms with Crippen LogP contribution in [0.15, 0.2) is 30.5 Å². The van der Waals surface area contributed by atoms with Crippen LogP contribution in [0.25, 0.3) is 11.3 Å². The lowest BCUT2D eigenvalue weighted by molar-refractivity contribution is -0.137. The normalized spacial score (nSPS) is 18.8. The number of aromatic amines is 1. The van der Waals surface area contributed by atoms with Gasteiger partial charge in [0.15, 0.2) is 0 Å². The number of alkyl halides is 3. The number of halogens is 3. The number of aromatic nitrogens is 2. The second-order valence-corrected chi connectivity index (χ2v) is 5.69. The van der Waals surface area contributed by atoms with E-state index in [2.05, 4.69) is 9.97 Å². The van der Waals surface area contributed by atoms with Crippen molar-refractivity contribution >= 4 is 0 Å². The Morgan fingerprint density at radius 2 is 1.91 bits per heavy atom. The highest BCUT2D eigenvalue weighted by Gasteiger charge is 2.41. The van der Waals surface area contributed by atoms with Crippen molar-refractivity contribution in [2.45, 2.75) is 24.6 Å². The Bertz CT molecular complexity index is 659. The van der Waals surface area contributed by atoms with Crippen molar-refractivity contribution < 1.29 is 17.9 Å². The first-order chi connectivity index (χ1) is 10.3. The van der Waals surface area contributed by atoms with E-state index in [0.29, 0.717) is 30.3 Å². The average molecular weight is 311 g/mol. The molecule has 0 unspecified atom stereocenters. The van der Waals surface area contributed by atoms with E-state index < -0.39 is 17.3 Å². The van der Waals surface area contributed by atoms with Gasteiger partial charge >= 0.3 is 6.18 Å². The van der Waals surface area contributed by atoms with Crippen molar-refractivity contribution in [3.8, 4) is 11.3 Å². The van der Waals surface area contributed by atoms with E-state index in [1.807, 2.05) is 6.92 Å². The Kier molecular flexibility index (Phi) is 3.49. The summed E-state index contributed by atoms with van der Waals surface area (Å²) in [7, 11) is 0. The van der Waals surface area contributed by atoms with Crippen molar-refractivity contribution in [3.63, 3.8) is 0 Å². The molecule has 0 aliphatic carbocycles. The van der Waals surface area contributed by atoms with Gasteiger partial charge in [-0.3, -0.25) is 0 Å². The topological polar surface area (TPSA) is 63.9 Å². The van der Waals surface area contributed by atoms with Gasteiger partial charge in [-0.05, 0) is 12.1 Å². The second kappa shape index (κ2) is 5.10. The van der Waals surface area contributed by atoms with Crippen LogP contribution in [-0.4, -0.2) is 28.7 Å². The molecule has 0 bridgehead atoms. The third-order valence-electron chi connectivity index (χ3n) is 4.12. The maximum absolute atomic E-state index is 12.6. The zero-order valence-electron chi connectivity index (χ0n) is 11.9. The molecule has 1 aliphatic heterocycles. The van der Waals surface area contributed by atoms with Crippen LogP contribution >= 0.6 is 0 Å². The highest BCUT2D eigenvalue weighted by atomic mass is 19.4. The lowest BCUT2D eigenvalue weighted by atomic mass is 9.84. The van der Waals surface area contributed by atoms with Crippen molar-refractivity contribution in [1.29, 1.82) is 0 Å². The van der Waals surface area contributed by atoms with E-state index in [1.54, 1.807) is 6.20 Å². The summed E-state index contributed by atoms with van der Waals surface area (Å²) < 4.78 is 42.8. The van der Waals surface area contributed by atoms with Crippen LogP contribution in [0, 0.1) is 0 Å². The molecule has 1 aliphatic rings. The molecule has 1 fully saturated rings. The standard InChI is InChI=1S/C15H16F3N3O/c1-9(14(19)7-22-8-14)13-20-6-12(21-13)10-2-4-11(5-3-10)15(16,17)18/h2-6,9H,7-8,19H2,1H3,(H,20,21)/t9-/m1/s1. The number of rotatable bonds is 3. The number of hydrogen-bond acceptors (Lipinski definition) is 3. The fourth-order valence-electron chi connectivity index (χ4n) is 2.40. The number of ether oxygens (including phenoxy) is 1. The minimum atomic E-state index is -4.33. The molecule has 4 nitrogen and oxygen atoms in total. The summed E-state index contributed by atoms with van der Waals surface area (Å²) in [5.74, 6) is 0.685. The fraction of sp³-hybridized carbons (Fsp3) is 0.400. The Labute approximate surface area is 125 Å². The molecule has 118 valence electrons. The number of H-pyrrole nitrogens is 1. The molecule has 7 heteroatoms. The third-order valence-corrected chi connectivity index (χ3v) is 4.12. The van der Waals surface area contributed by atoms with Gasteiger partial charge in [0.25, 0.3) is 0 Å². The Morgan fingerprint density at radius 1 is 1.27 bits per heavy atom. The maximum Gasteiger partial charge on any atom is 0.416 e. The van der Waals surface area contributed by atoms with Crippen LogP contribution in [0.2, 0.25) is 0 Å². The van der Waals surface area contributed by atoms with Crippen molar-refractivity contribution in [2.24, 2.45) is 5.73 Å². The molecule has 3 N–H and O–H groups in total. The smallest absolute Gasteiger partial charge is 0.377 e. The Hall–Kier alpha value is -1.86. The summed E-state index contributed by atoms with van der Waals surface area (Å²) in [6, 6.07) is 4.94. The molecule has 0 spiro atoms. The summed E-state index contributed by atoms with van der Waals surface area (Å²) in [6.45, 7) is 2.91. The molecule has 1 saturated heterocycles. The average Bonchev–Trinajstić information content (AvgIpc) is 2.93. The van der Waals surface area contributed by atoms with Gasteiger partial charge in [0.1, 0.15) is 5.82 Å². The van der Waals surface area contributed by atoms with Crippen LogP contribution in [-0.2, 0) is 10.9 Å². The second-order valence-electron chi connectivity index (χ2n) is 5.69. The van der Waals surface area contributed by atoms with Crippen molar-refractivity contribution in [2.75, 3.05) is 13.2 Å². The molecule has 22 heavy (non-hydrogen) atoms. The minimum absolute atomic E-state index is 0.0237. The summed E-state index contributed by atoms with van der Waals surface area (Å²) in [6.07, 6.45) is -2.66. The number of hydrogen-bond donors (Lipinski definition) is 2. The first-order valence-electron chi connectivity index (χ1n) is 6.89. The summed E-state index contributed by atoms with van der Waals surface area (Å²) in [5, 5.41) is 0. The first-order valence-corrected chi connectivity index (χ1v) is 6.89. The molecule has 1 aromatic carbocycles. The van der Waals surface area contributed by atoms with Crippen LogP contribution < -0.4 is 5.73 Å². The van der Waals surface area contributed by atoms with Gasteiger partial charge in [0.2, 0.25) is 0 Å². The van der Waals surface area contributed by atoms with Gasteiger partial charge in [-0.25, -0.2) is 4.98 Å². The molecule has 0 amide bonds. The van der Waals surface area contributed by atoms with Gasteiger partial charge in [-0.1, -0.05) is 19.1 Å². The SMILES string of the molecule is C[C@H](c1nc(-c2ccc(C(F)(F)F)cc2)c[nH]1)C1(N)COC1. The van der Waals surface area contributed by atoms with Crippen molar-refractivity contribution in [3.05, 3.63) is 41.9 Å². The van der Waals surface area contributed by atoms with E-state index in [4.69, 9.17) is 10.5 Å².